The van der Waals surface area contributed by atoms with E-state index in [0.717, 1.165) is 30.3 Å². The van der Waals surface area contributed by atoms with Gasteiger partial charge in [0.2, 0.25) is 0 Å². The first-order chi connectivity index (χ1) is 7.70. The summed E-state index contributed by atoms with van der Waals surface area (Å²) >= 11 is 11.9. The third-order valence-electron chi connectivity index (χ3n) is 2.77. The van der Waals surface area contributed by atoms with Crippen molar-refractivity contribution in [2.45, 2.75) is 18.9 Å². The molecule has 4 heteroatoms. The molecule has 1 unspecified atom stereocenters. The van der Waals surface area contributed by atoms with Crippen LogP contribution in [0, 0.1) is 0 Å². The van der Waals surface area contributed by atoms with Crippen molar-refractivity contribution in [1.29, 1.82) is 0 Å². The molecule has 2 nitrogen and oxygen atoms in total. The first-order valence-electron chi connectivity index (χ1n) is 5.41. The second-order valence-corrected chi connectivity index (χ2v) is 4.74. The van der Waals surface area contributed by atoms with Gasteiger partial charge in [0.1, 0.15) is 0 Å². The van der Waals surface area contributed by atoms with Crippen molar-refractivity contribution in [3.63, 3.8) is 0 Å². The van der Waals surface area contributed by atoms with Gasteiger partial charge in [0, 0.05) is 29.7 Å². The largest absolute Gasteiger partial charge is 0.375 e. The number of ether oxygens (including phenoxy) is 1. The van der Waals surface area contributed by atoms with Crippen LogP contribution in [0.4, 0.5) is 5.69 Å². The fraction of sp³-hybridized carbons (Fsp3) is 0.500. The van der Waals surface area contributed by atoms with E-state index >= 15 is 0 Å². The lowest BCUT2D eigenvalue weighted by molar-refractivity contribution is 0.0532. The lowest BCUT2D eigenvalue weighted by Gasteiger charge is -2.34. The number of rotatable bonds is 2. The predicted molar refractivity (Wildman–Crippen MR) is 68.6 cm³/mol. The monoisotopic (exact) mass is 259 g/mol. The van der Waals surface area contributed by atoms with Gasteiger partial charge >= 0.3 is 0 Å². The van der Waals surface area contributed by atoms with Crippen molar-refractivity contribution in [2.24, 2.45) is 0 Å². The summed E-state index contributed by atoms with van der Waals surface area (Å²) in [7, 11) is 0. The van der Waals surface area contributed by atoms with Crippen LogP contribution in [0.15, 0.2) is 18.2 Å². The summed E-state index contributed by atoms with van der Waals surface area (Å²) in [6.45, 7) is 4.68. The van der Waals surface area contributed by atoms with Crippen molar-refractivity contribution in [2.75, 3.05) is 24.6 Å². The highest BCUT2D eigenvalue weighted by Gasteiger charge is 2.18. The standard InChI is InChI=1S/C12H15Cl2NO/c1-9-8-15(4-5-16-9)12-3-2-11(14)6-10(12)7-13/h2-3,6,9H,4-5,7-8H2,1H3. The first kappa shape index (κ1) is 12.0. The number of anilines is 1. The highest BCUT2D eigenvalue weighted by Crippen LogP contribution is 2.27. The molecule has 0 amide bonds. The molecule has 1 aromatic rings. The van der Waals surface area contributed by atoms with E-state index in [2.05, 4.69) is 11.8 Å². The van der Waals surface area contributed by atoms with Crippen LogP contribution in [0.5, 0.6) is 0 Å². The Morgan fingerprint density at radius 2 is 2.31 bits per heavy atom. The SMILES string of the molecule is CC1CN(c2ccc(Cl)cc2CCl)CCO1. The third-order valence-corrected chi connectivity index (χ3v) is 3.29. The normalized spacial score (nSPS) is 21.2. The van der Waals surface area contributed by atoms with Gasteiger partial charge in [0.25, 0.3) is 0 Å². The van der Waals surface area contributed by atoms with Crippen molar-refractivity contribution < 1.29 is 4.74 Å². The van der Waals surface area contributed by atoms with Crippen molar-refractivity contribution in [3.05, 3.63) is 28.8 Å². The molecule has 1 aromatic carbocycles. The molecule has 2 rings (SSSR count). The molecular formula is C12H15Cl2NO. The maximum absolute atomic E-state index is 5.96. The molecular weight excluding hydrogens is 245 g/mol. The quantitative estimate of drug-likeness (QED) is 0.756. The summed E-state index contributed by atoms with van der Waals surface area (Å²) in [5.74, 6) is 0.488. The van der Waals surface area contributed by atoms with Gasteiger partial charge < -0.3 is 9.64 Å². The second-order valence-electron chi connectivity index (χ2n) is 4.03. The van der Waals surface area contributed by atoms with Crippen LogP contribution in [0.25, 0.3) is 0 Å². The maximum atomic E-state index is 5.96. The molecule has 0 aromatic heterocycles. The van der Waals surface area contributed by atoms with Crippen LogP contribution in [0.3, 0.4) is 0 Å². The van der Waals surface area contributed by atoms with E-state index in [0.29, 0.717) is 5.88 Å². The minimum atomic E-state index is 0.271. The van der Waals surface area contributed by atoms with E-state index in [4.69, 9.17) is 27.9 Å². The molecule has 0 aliphatic carbocycles. The van der Waals surface area contributed by atoms with Gasteiger partial charge in [-0.15, -0.1) is 11.6 Å². The maximum Gasteiger partial charge on any atom is 0.0722 e. The molecule has 1 saturated heterocycles. The molecule has 0 spiro atoms. The molecule has 0 radical (unpaired) electrons. The number of morpholine rings is 1. The van der Waals surface area contributed by atoms with Gasteiger partial charge in [-0.25, -0.2) is 0 Å². The van der Waals surface area contributed by atoms with E-state index in [9.17, 15) is 0 Å². The van der Waals surface area contributed by atoms with E-state index in [-0.39, 0.29) is 6.10 Å². The lowest BCUT2D eigenvalue weighted by Crippen LogP contribution is -2.41. The smallest absolute Gasteiger partial charge is 0.0722 e. The minimum absolute atomic E-state index is 0.271. The lowest BCUT2D eigenvalue weighted by atomic mass is 10.1. The molecule has 0 saturated carbocycles. The van der Waals surface area contributed by atoms with E-state index in [1.54, 1.807) is 0 Å². The Hall–Kier alpha value is -0.440. The fourth-order valence-electron chi connectivity index (χ4n) is 2.01. The zero-order chi connectivity index (χ0) is 11.5. The second kappa shape index (κ2) is 5.26. The third kappa shape index (κ3) is 2.62. The van der Waals surface area contributed by atoms with Gasteiger partial charge in [-0.05, 0) is 30.7 Å². The fourth-order valence-corrected chi connectivity index (χ4v) is 2.42. The van der Waals surface area contributed by atoms with E-state index in [1.807, 2.05) is 18.2 Å². The number of benzene rings is 1. The Bertz CT molecular complexity index is 370. The molecule has 88 valence electrons. The van der Waals surface area contributed by atoms with Crippen LogP contribution in [-0.4, -0.2) is 25.8 Å². The number of hydrogen-bond donors (Lipinski definition) is 0. The molecule has 1 aliphatic rings. The van der Waals surface area contributed by atoms with Crippen LogP contribution >= 0.6 is 23.2 Å². The molecule has 0 bridgehead atoms. The van der Waals surface area contributed by atoms with Crippen molar-refractivity contribution >= 4 is 28.9 Å². The minimum Gasteiger partial charge on any atom is -0.375 e. The number of nitrogens with zero attached hydrogens (tertiary/aromatic N) is 1. The predicted octanol–water partition coefficient (Wildman–Crippen LogP) is 3.30. The van der Waals surface area contributed by atoms with Gasteiger partial charge in [0.05, 0.1) is 12.7 Å². The van der Waals surface area contributed by atoms with Crippen LogP contribution in [0.2, 0.25) is 5.02 Å². The summed E-state index contributed by atoms with van der Waals surface area (Å²) in [4.78, 5) is 2.31. The van der Waals surface area contributed by atoms with E-state index in [1.165, 1.54) is 5.69 Å². The molecule has 1 aliphatic heterocycles. The number of hydrogen-bond acceptors (Lipinski definition) is 2. The molecule has 1 fully saturated rings. The Morgan fingerprint density at radius 3 is 3.00 bits per heavy atom. The van der Waals surface area contributed by atoms with Gasteiger partial charge in [-0.3, -0.25) is 0 Å². The summed E-state index contributed by atoms with van der Waals surface area (Å²) in [5.41, 5.74) is 2.26. The van der Waals surface area contributed by atoms with Gasteiger partial charge in [0.15, 0.2) is 0 Å². The highest BCUT2D eigenvalue weighted by atomic mass is 35.5. The Labute approximate surface area is 106 Å². The van der Waals surface area contributed by atoms with Crippen LogP contribution < -0.4 is 4.90 Å². The summed E-state index contributed by atoms with van der Waals surface area (Å²) in [5, 5.41) is 0.737. The molecule has 1 atom stereocenters. The van der Waals surface area contributed by atoms with Gasteiger partial charge in [-0.1, -0.05) is 11.6 Å². The van der Waals surface area contributed by atoms with Gasteiger partial charge in [-0.2, -0.15) is 0 Å². The summed E-state index contributed by atoms with van der Waals surface area (Å²) in [6, 6.07) is 5.88. The Kier molecular flexibility index (Phi) is 3.95. The average Bonchev–Trinajstić information content (AvgIpc) is 2.28. The van der Waals surface area contributed by atoms with Crippen LogP contribution in [0.1, 0.15) is 12.5 Å². The van der Waals surface area contributed by atoms with Crippen molar-refractivity contribution in [3.8, 4) is 0 Å². The molecule has 1 heterocycles. The Balaban J connectivity index is 2.24. The van der Waals surface area contributed by atoms with E-state index < -0.39 is 0 Å². The number of halogens is 2. The Morgan fingerprint density at radius 1 is 1.50 bits per heavy atom. The summed E-state index contributed by atoms with van der Waals surface area (Å²) < 4.78 is 5.53. The van der Waals surface area contributed by atoms with Crippen molar-refractivity contribution in [1.82, 2.24) is 0 Å². The summed E-state index contributed by atoms with van der Waals surface area (Å²) in [6.07, 6.45) is 0.271. The first-order valence-corrected chi connectivity index (χ1v) is 6.33. The topological polar surface area (TPSA) is 12.5 Å². The zero-order valence-electron chi connectivity index (χ0n) is 9.25. The zero-order valence-corrected chi connectivity index (χ0v) is 10.8. The average molecular weight is 260 g/mol. The molecule has 0 N–H and O–H groups in total. The van der Waals surface area contributed by atoms with Crippen LogP contribution in [-0.2, 0) is 10.6 Å². The highest BCUT2D eigenvalue weighted by molar-refractivity contribution is 6.30. The molecule has 16 heavy (non-hydrogen) atoms. The number of alkyl halides is 1.